The van der Waals surface area contributed by atoms with Gasteiger partial charge in [-0.3, -0.25) is 4.79 Å². The molecule has 4 rings (SSSR count). The number of rotatable bonds is 1. The molecule has 2 saturated heterocycles. The molecule has 5 nitrogen and oxygen atoms in total. The molecule has 1 N–H and O–H groups in total. The zero-order valence-electron chi connectivity index (χ0n) is 18.0. The molecule has 2 aliphatic heterocycles. The maximum Gasteiger partial charge on any atom is 0.198 e. The van der Waals surface area contributed by atoms with Crippen LogP contribution in [0, 0.1) is 24.2 Å². The Hall–Kier alpha value is -1.43. The Morgan fingerprint density at radius 1 is 1.21 bits per heavy atom. The summed E-state index contributed by atoms with van der Waals surface area (Å²) in [5.74, 6) is -0.312. The summed E-state index contributed by atoms with van der Waals surface area (Å²) in [6, 6.07) is 3.95. The van der Waals surface area contributed by atoms with Gasteiger partial charge >= 0.3 is 0 Å². The number of aliphatic hydroxyl groups is 1. The van der Waals surface area contributed by atoms with Crippen molar-refractivity contribution in [3.8, 4) is 5.75 Å². The van der Waals surface area contributed by atoms with Crippen LogP contribution < -0.4 is 4.74 Å². The van der Waals surface area contributed by atoms with E-state index in [4.69, 9.17) is 14.2 Å². The molecule has 0 radical (unpaired) electrons. The first-order valence-corrected chi connectivity index (χ1v) is 10.2. The van der Waals surface area contributed by atoms with Crippen molar-refractivity contribution in [1.29, 1.82) is 0 Å². The molecule has 1 aromatic rings. The maximum absolute atomic E-state index is 13.3. The highest BCUT2D eigenvalue weighted by atomic mass is 16.7. The molecule has 1 unspecified atom stereocenters. The van der Waals surface area contributed by atoms with Crippen LogP contribution in [-0.4, -0.2) is 35.5 Å². The number of benzene rings is 1. The third kappa shape index (κ3) is 2.39. The van der Waals surface area contributed by atoms with E-state index in [0.29, 0.717) is 12.8 Å². The van der Waals surface area contributed by atoms with E-state index in [9.17, 15) is 9.90 Å². The molecule has 0 aromatic heterocycles. The molecule has 1 aliphatic carbocycles. The van der Waals surface area contributed by atoms with Crippen LogP contribution in [0.2, 0.25) is 0 Å². The summed E-state index contributed by atoms with van der Waals surface area (Å²) in [7, 11) is 1.64. The second kappa shape index (κ2) is 6.04. The third-order valence-corrected chi connectivity index (χ3v) is 7.76. The van der Waals surface area contributed by atoms with Gasteiger partial charge in [-0.25, -0.2) is 0 Å². The lowest BCUT2D eigenvalue weighted by atomic mass is 9.61. The fourth-order valence-electron chi connectivity index (χ4n) is 5.58. The van der Waals surface area contributed by atoms with E-state index in [1.807, 2.05) is 53.7 Å². The Morgan fingerprint density at radius 2 is 1.89 bits per heavy atom. The quantitative estimate of drug-likeness (QED) is 0.794. The van der Waals surface area contributed by atoms with Crippen LogP contribution in [0.4, 0.5) is 0 Å². The summed E-state index contributed by atoms with van der Waals surface area (Å²) < 4.78 is 18.5. The molecule has 28 heavy (non-hydrogen) atoms. The van der Waals surface area contributed by atoms with E-state index in [-0.39, 0.29) is 17.6 Å². The summed E-state index contributed by atoms with van der Waals surface area (Å²) in [4.78, 5) is 13.3. The van der Waals surface area contributed by atoms with Gasteiger partial charge in [0.15, 0.2) is 5.79 Å². The third-order valence-electron chi connectivity index (χ3n) is 7.76. The first kappa shape index (κ1) is 19.9. The molecule has 0 amide bonds. The van der Waals surface area contributed by atoms with Crippen molar-refractivity contribution in [3.05, 3.63) is 28.8 Å². The van der Waals surface area contributed by atoms with Gasteiger partial charge in [0.25, 0.3) is 0 Å². The Balaban J connectivity index is 1.84. The predicted molar refractivity (Wildman–Crippen MR) is 105 cm³/mol. The van der Waals surface area contributed by atoms with E-state index in [1.165, 1.54) is 0 Å². The SMILES string of the molecule is COc1ccc2c(c1C)CC(=O)[C@]1(C)C[C@H](C)[C@@]3(OC21)OC(C)(C)[C@@H](C)[C@H]3O. The Bertz CT molecular complexity index is 831. The molecule has 0 bridgehead atoms. The lowest BCUT2D eigenvalue weighted by molar-refractivity contribution is -0.351. The predicted octanol–water partition coefficient (Wildman–Crippen LogP) is 3.73. The minimum atomic E-state index is -1.10. The van der Waals surface area contributed by atoms with Gasteiger partial charge < -0.3 is 19.3 Å². The molecule has 5 heteroatoms. The number of hydrogen-bond acceptors (Lipinski definition) is 5. The Morgan fingerprint density at radius 3 is 2.46 bits per heavy atom. The standard InChI is InChI=1S/C23H32O5/c1-12-11-22(6)18(24)10-16-13(2)17(26-7)9-8-15(16)20(22)27-23(12)19(25)14(3)21(4,5)28-23/h8-9,12,14,19-20,25H,10-11H2,1-7H3/t12-,14-,19+,20?,22-,23+/m0/s1. The number of carbonyl (C=O) groups is 1. The van der Waals surface area contributed by atoms with Crippen LogP contribution in [0.25, 0.3) is 0 Å². The van der Waals surface area contributed by atoms with Crippen molar-refractivity contribution >= 4 is 5.78 Å². The molecule has 1 spiro atoms. The normalized spacial score (nSPS) is 41.6. The lowest BCUT2D eigenvalue weighted by Gasteiger charge is -2.54. The number of ketones is 1. The fraction of sp³-hybridized carbons (Fsp3) is 0.696. The van der Waals surface area contributed by atoms with E-state index < -0.39 is 29.0 Å². The number of hydrogen-bond donors (Lipinski definition) is 1. The fourth-order valence-corrected chi connectivity index (χ4v) is 5.58. The molecule has 1 aromatic carbocycles. The van der Waals surface area contributed by atoms with E-state index in [1.54, 1.807) is 7.11 Å². The number of Topliss-reactive ketones (excluding diaryl/α,β-unsaturated/α-hetero) is 1. The van der Waals surface area contributed by atoms with E-state index in [0.717, 1.165) is 22.4 Å². The van der Waals surface area contributed by atoms with Gasteiger partial charge in [0.05, 0.1) is 24.2 Å². The maximum atomic E-state index is 13.3. The molecular weight excluding hydrogens is 356 g/mol. The van der Waals surface area contributed by atoms with Crippen LogP contribution in [0.3, 0.4) is 0 Å². The molecule has 2 fully saturated rings. The zero-order chi connectivity index (χ0) is 20.6. The van der Waals surface area contributed by atoms with Crippen molar-refractivity contribution in [2.75, 3.05) is 7.11 Å². The smallest absolute Gasteiger partial charge is 0.198 e. The van der Waals surface area contributed by atoms with Crippen LogP contribution >= 0.6 is 0 Å². The highest BCUT2D eigenvalue weighted by Gasteiger charge is 2.66. The van der Waals surface area contributed by atoms with Gasteiger partial charge in [-0.05, 0) is 56.9 Å². The molecule has 0 saturated carbocycles. The zero-order valence-corrected chi connectivity index (χ0v) is 18.0. The Labute approximate surface area is 167 Å². The first-order valence-electron chi connectivity index (χ1n) is 10.2. The highest BCUT2D eigenvalue weighted by Crippen LogP contribution is 2.60. The van der Waals surface area contributed by atoms with Crippen LogP contribution in [0.15, 0.2) is 12.1 Å². The molecule has 2 heterocycles. The molecular formula is C23H32O5. The molecule has 3 aliphatic rings. The summed E-state index contributed by atoms with van der Waals surface area (Å²) in [6.07, 6.45) is -0.178. The number of ether oxygens (including phenoxy) is 3. The van der Waals surface area contributed by atoms with E-state index in [2.05, 4.69) is 0 Å². The minimum absolute atomic E-state index is 0.0735. The van der Waals surface area contributed by atoms with Gasteiger partial charge in [0, 0.05) is 18.3 Å². The van der Waals surface area contributed by atoms with Crippen molar-refractivity contribution in [2.24, 2.45) is 17.3 Å². The van der Waals surface area contributed by atoms with Crippen LogP contribution in [0.1, 0.15) is 63.8 Å². The largest absolute Gasteiger partial charge is 0.496 e. The van der Waals surface area contributed by atoms with Crippen LogP contribution in [-0.2, 0) is 20.7 Å². The number of aliphatic hydroxyl groups excluding tert-OH is 1. The van der Waals surface area contributed by atoms with Gasteiger partial charge in [-0.15, -0.1) is 0 Å². The number of fused-ring (bicyclic) bond motifs is 3. The average molecular weight is 389 g/mol. The molecule has 6 atom stereocenters. The number of carbonyl (C=O) groups excluding carboxylic acids is 1. The summed E-state index contributed by atoms with van der Waals surface area (Å²) in [5.41, 5.74) is 1.85. The highest BCUT2D eigenvalue weighted by molar-refractivity contribution is 5.90. The minimum Gasteiger partial charge on any atom is -0.496 e. The summed E-state index contributed by atoms with van der Waals surface area (Å²) in [5, 5.41) is 11.1. The van der Waals surface area contributed by atoms with Gasteiger partial charge in [-0.2, -0.15) is 0 Å². The van der Waals surface area contributed by atoms with Crippen molar-refractivity contribution in [2.45, 2.75) is 78.0 Å². The monoisotopic (exact) mass is 388 g/mol. The summed E-state index contributed by atoms with van der Waals surface area (Å²) in [6.45, 7) is 12.0. The number of methoxy groups -OCH3 is 1. The van der Waals surface area contributed by atoms with Crippen molar-refractivity contribution in [1.82, 2.24) is 0 Å². The Kier molecular flexibility index (Phi) is 4.28. The van der Waals surface area contributed by atoms with Crippen LogP contribution in [0.5, 0.6) is 5.75 Å². The van der Waals surface area contributed by atoms with Gasteiger partial charge in [-0.1, -0.05) is 19.9 Å². The second-order valence-electron chi connectivity index (χ2n) is 9.74. The average Bonchev–Trinajstić information content (AvgIpc) is 2.80. The topological polar surface area (TPSA) is 65.0 Å². The van der Waals surface area contributed by atoms with Crippen molar-refractivity contribution in [3.63, 3.8) is 0 Å². The second-order valence-corrected chi connectivity index (χ2v) is 9.74. The first-order chi connectivity index (χ1) is 13.0. The lowest BCUT2D eigenvalue weighted by Crippen LogP contribution is -2.59. The van der Waals surface area contributed by atoms with Gasteiger partial charge in [0.1, 0.15) is 17.6 Å². The summed E-state index contributed by atoms with van der Waals surface area (Å²) >= 11 is 0. The van der Waals surface area contributed by atoms with Gasteiger partial charge in [0.2, 0.25) is 0 Å². The van der Waals surface area contributed by atoms with Crippen molar-refractivity contribution < 1.29 is 24.1 Å². The molecule has 154 valence electrons. The van der Waals surface area contributed by atoms with E-state index >= 15 is 0 Å².